The van der Waals surface area contributed by atoms with Crippen molar-refractivity contribution in [2.24, 2.45) is 0 Å². The van der Waals surface area contributed by atoms with Gasteiger partial charge in [-0.25, -0.2) is 0 Å². The summed E-state index contributed by atoms with van der Waals surface area (Å²) in [6.07, 6.45) is 6.33. The summed E-state index contributed by atoms with van der Waals surface area (Å²) in [6.45, 7) is 0.715. The first-order valence-corrected chi connectivity index (χ1v) is 6.52. The largest absolute Gasteiger partial charge is 0.508 e. The Morgan fingerprint density at radius 3 is 2.82 bits per heavy atom. The molecule has 1 aliphatic carbocycles. The summed E-state index contributed by atoms with van der Waals surface area (Å²) in [6, 6.07) is 6.52. The van der Waals surface area contributed by atoms with Gasteiger partial charge in [-0.1, -0.05) is 18.9 Å². The highest BCUT2D eigenvalue weighted by Crippen LogP contribution is 2.29. The summed E-state index contributed by atoms with van der Waals surface area (Å²) in [4.78, 5) is 0. The molecule has 17 heavy (non-hydrogen) atoms. The van der Waals surface area contributed by atoms with Gasteiger partial charge in [0.1, 0.15) is 18.1 Å². The Bertz CT molecular complexity index is 399. The van der Waals surface area contributed by atoms with Crippen molar-refractivity contribution in [3.63, 3.8) is 0 Å². The van der Waals surface area contributed by atoms with E-state index in [9.17, 15) is 5.11 Å². The van der Waals surface area contributed by atoms with E-state index in [1.807, 2.05) is 6.07 Å². The van der Waals surface area contributed by atoms with Crippen LogP contribution in [0.2, 0.25) is 0 Å². The molecular weight excluding hydrogens is 214 g/mol. The Morgan fingerprint density at radius 2 is 2.00 bits per heavy atom. The first kappa shape index (κ1) is 10.9. The standard InChI is InChI=1S/C14H19NO2/c16-13-6-5-10-7-12(9-17-14(10)8-13)15-11-3-1-2-4-11/h5-6,8,11-12,15-16H,1-4,7,9H2. The summed E-state index contributed by atoms with van der Waals surface area (Å²) in [5.41, 5.74) is 1.20. The molecule has 1 unspecified atom stereocenters. The van der Waals surface area contributed by atoms with Crippen molar-refractivity contribution in [2.75, 3.05) is 6.61 Å². The van der Waals surface area contributed by atoms with Gasteiger partial charge in [-0.15, -0.1) is 0 Å². The number of hydrogen-bond acceptors (Lipinski definition) is 3. The Labute approximate surface area is 102 Å². The van der Waals surface area contributed by atoms with Crippen LogP contribution in [-0.2, 0) is 6.42 Å². The molecule has 0 bridgehead atoms. The number of nitrogens with one attached hydrogen (secondary N) is 1. The smallest absolute Gasteiger partial charge is 0.126 e. The van der Waals surface area contributed by atoms with Crippen molar-refractivity contribution in [3.05, 3.63) is 23.8 Å². The Kier molecular flexibility index (Phi) is 2.93. The van der Waals surface area contributed by atoms with Crippen molar-refractivity contribution in [2.45, 2.75) is 44.2 Å². The Morgan fingerprint density at radius 1 is 1.18 bits per heavy atom. The fourth-order valence-corrected chi connectivity index (χ4v) is 2.89. The van der Waals surface area contributed by atoms with Crippen LogP contribution in [0.4, 0.5) is 0 Å². The SMILES string of the molecule is Oc1ccc2c(c1)OCC(NC1CCCC1)C2. The van der Waals surface area contributed by atoms with Crippen LogP contribution in [0.25, 0.3) is 0 Å². The first-order valence-electron chi connectivity index (χ1n) is 6.52. The molecule has 1 aromatic carbocycles. The number of hydrogen-bond donors (Lipinski definition) is 2. The summed E-state index contributed by atoms with van der Waals surface area (Å²) >= 11 is 0. The van der Waals surface area contributed by atoms with Crippen LogP contribution >= 0.6 is 0 Å². The molecule has 1 aliphatic heterocycles. The fourth-order valence-electron chi connectivity index (χ4n) is 2.89. The zero-order valence-corrected chi connectivity index (χ0v) is 9.98. The van der Waals surface area contributed by atoms with Gasteiger partial charge in [0.25, 0.3) is 0 Å². The molecule has 3 nitrogen and oxygen atoms in total. The number of fused-ring (bicyclic) bond motifs is 1. The summed E-state index contributed by atoms with van der Waals surface area (Å²) in [5, 5.41) is 13.1. The normalized spacial score (nSPS) is 24.4. The van der Waals surface area contributed by atoms with E-state index in [2.05, 4.69) is 5.32 Å². The lowest BCUT2D eigenvalue weighted by atomic mass is 10.0. The van der Waals surface area contributed by atoms with E-state index < -0.39 is 0 Å². The summed E-state index contributed by atoms with van der Waals surface area (Å²) in [7, 11) is 0. The number of phenolic OH excluding ortho intramolecular Hbond substituents is 1. The third-order valence-corrected chi connectivity index (χ3v) is 3.78. The molecule has 1 saturated carbocycles. The molecule has 2 aliphatic rings. The van der Waals surface area contributed by atoms with Crippen LogP contribution in [0.1, 0.15) is 31.2 Å². The van der Waals surface area contributed by atoms with Gasteiger partial charge in [0.05, 0.1) is 0 Å². The molecule has 0 amide bonds. The predicted molar refractivity (Wildman–Crippen MR) is 66.5 cm³/mol. The number of phenols is 1. The lowest BCUT2D eigenvalue weighted by Gasteiger charge is -2.28. The second kappa shape index (κ2) is 4.57. The average molecular weight is 233 g/mol. The summed E-state index contributed by atoms with van der Waals surface area (Å²) in [5.74, 6) is 1.13. The van der Waals surface area contributed by atoms with Crippen LogP contribution in [0, 0.1) is 0 Å². The average Bonchev–Trinajstić information content (AvgIpc) is 2.82. The maximum Gasteiger partial charge on any atom is 0.126 e. The molecule has 3 heteroatoms. The monoisotopic (exact) mass is 233 g/mol. The highest BCUT2D eigenvalue weighted by Gasteiger charge is 2.24. The van der Waals surface area contributed by atoms with Crippen LogP contribution in [0.15, 0.2) is 18.2 Å². The van der Waals surface area contributed by atoms with Crippen molar-refractivity contribution in [1.29, 1.82) is 0 Å². The van der Waals surface area contributed by atoms with Gasteiger partial charge in [0.15, 0.2) is 0 Å². The van der Waals surface area contributed by atoms with Crippen molar-refractivity contribution < 1.29 is 9.84 Å². The number of rotatable bonds is 2. The van der Waals surface area contributed by atoms with Crippen molar-refractivity contribution in [1.82, 2.24) is 5.32 Å². The molecule has 0 saturated heterocycles. The number of ether oxygens (including phenoxy) is 1. The number of benzene rings is 1. The van der Waals surface area contributed by atoms with Gasteiger partial charge in [0.2, 0.25) is 0 Å². The number of aromatic hydroxyl groups is 1. The zero-order chi connectivity index (χ0) is 11.7. The van der Waals surface area contributed by atoms with Crippen LogP contribution < -0.4 is 10.1 Å². The predicted octanol–water partition coefficient (Wildman–Crippen LogP) is 2.23. The van der Waals surface area contributed by atoms with E-state index in [1.54, 1.807) is 12.1 Å². The van der Waals surface area contributed by atoms with Crippen LogP contribution in [-0.4, -0.2) is 23.8 Å². The van der Waals surface area contributed by atoms with E-state index in [1.165, 1.54) is 31.2 Å². The first-order chi connectivity index (χ1) is 8.31. The highest BCUT2D eigenvalue weighted by molar-refractivity contribution is 5.41. The molecule has 0 spiro atoms. The molecule has 3 rings (SSSR count). The van der Waals surface area contributed by atoms with Gasteiger partial charge >= 0.3 is 0 Å². The molecule has 1 aromatic rings. The minimum atomic E-state index is 0.283. The van der Waals surface area contributed by atoms with E-state index in [-0.39, 0.29) is 5.75 Å². The fraction of sp³-hybridized carbons (Fsp3) is 0.571. The van der Waals surface area contributed by atoms with Gasteiger partial charge in [-0.3, -0.25) is 0 Å². The van der Waals surface area contributed by atoms with Gasteiger partial charge in [0, 0.05) is 18.2 Å². The molecule has 2 N–H and O–H groups in total. The molecule has 0 radical (unpaired) electrons. The maximum absolute atomic E-state index is 9.39. The second-order valence-corrected chi connectivity index (χ2v) is 5.15. The molecule has 92 valence electrons. The van der Waals surface area contributed by atoms with E-state index in [0.717, 1.165) is 12.2 Å². The van der Waals surface area contributed by atoms with Crippen LogP contribution in [0.3, 0.4) is 0 Å². The Hall–Kier alpha value is -1.22. The third-order valence-electron chi connectivity index (χ3n) is 3.78. The third kappa shape index (κ3) is 2.39. The van der Waals surface area contributed by atoms with Crippen molar-refractivity contribution >= 4 is 0 Å². The van der Waals surface area contributed by atoms with E-state index in [4.69, 9.17) is 4.74 Å². The lowest BCUT2D eigenvalue weighted by Crippen LogP contribution is -2.43. The van der Waals surface area contributed by atoms with Gasteiger partial charge in [-0.2, -0.15) is 0 Å². The molecule has 0 aromatic heterocycles. The summed E-state index contributed by atoms with van der Waals surface area (Å²) < 4.78 is 5.70. The molecule has 1 fully saturated rings. The molecular formula is C14H19NO2. The lowest BCUT2D eigenvalue weighted by molar-refractivity contribution is 0.226. The van der Waals surface area contributed by atoms with Crippen LogP contribution in [0.5, 0.6) is 11.5 Å². The Balaban J connectivity index is 1.65. The second-order valence-electron chi connectivity index (χ2n) is 5.15. The van der Waals surface area contributed by atoms with Crippen molar-refractivity contribution in [3.8, 4) is 11.5 Å². The highest BCUT2D eigenvalue weighted by atomic mass is 16.5. The topological polar surface area (TPSA) is 41.5 Å². The van der Waals surface area contributed by atoms with E-state index >= 15 is 0 Å². The minimum Gasteiger partial charge on any atom is -0.508 e. The molecule has 1 heterocycles. The zero-order valence-electron chi connectivity index (χ0n) is 9.98. The molecule has 1 atom stereocenters. The quantitative estimate of drug-likeness (QED) is 0.823. The maximum atomic E-state index is 9.39. The van der Waals surface area contributed by atoms with E-state index in [0.29, 0.717) is 18.7 Å². The van der Waals surface area contributed by atoms with Gasteiger partial charge < -0.3 is 15.2 Å². The minimum absolute atomic E-state index is 0.283. The van der Waals surface area contributed by atoms with Gasteiger partial charge in [-0.05, 0) is 30.9 Å².